The Morgan fingerprint density at radius 1 is 1.16 bits per heavy atom. The number of ether oxygens (including phenoxy) is 2. The van der Waals surface area contributed by atoms with E-state index in [0.717, 1.165) is 25.9 Å². The van der Waals surface area contributed by atoms with Crippen molar-refractivity contribution in [3.63, 3.8) is 0 Å². The number of anilines is 1. The van der Waals surface area contributed by atoms with E-state index in [-0.39, 0.29) is 17.9 Å². The standard InChI is InChI=1S/C24H24N2O6/c1-30-16-7-17-31-21-11-6-8-18(23(21)32-26-14-4-5-15-26)12-13-22(27)25-20-10-3-2-9-19(20)24(28)29/h2-3,6,8-13H,4-5,14-16H2,1H3,(H,25,27)(H,28,29)/b13-12+. The van der Waals surface area contributed by atoms with Gasteiger partial charge in [0.05, 0.1) is 11.3 Å². The second kappa shape index (κ2) is 11.6. The van der Waals surface area contributed by atoms with Gasteiger partial charge in [0.2, 0.25) is 5.91 Å². The summed E-state index contributed by atoms with van der Waals surface area (Å²) in [6.45, 7) is 1.82. The number of carbonyl (C=O) groups is 2. The topological polar surface area (TPSA) is 97.3 Å². The summed E-state index contributed by atoms with van der Waals surface area (Å²) in [6, 6.07) is 11.5. The van der Waals surface area contributed by atoms with E-state index >= 15 is 0 Å². The lowest BCUT2D eigenvalue weighted by Gasteiger charge is -2.19. The lowest BCUT2D eigenvalue weighted by atomic mass is 10.1. The van der Waals surface area contributed by atoms with Gasteiger partial charge in [-0.1, -0.05) is 24.3 Å². The summed E-state index contributed by atoms with van der Waals surface area (Å²) in [5.41, 5.74) is 0.843. The van der Waals surface area contributed by atoms with Gasteiger partial charge < -0.3 is 24.7 Å². The first-order chi connectivity index (χ1) is 15.6. The van der Waals surface area contributed by atoms with Gasteiger partial charge in [-0.3, -0.25) is 4.79 Å². The zero-order chi connectivity index (χ0) is 22.8. The average molecular weight is 436 g/mol. The number of nitrogens with one attached hydrogen (secondary N) is 1. The Morgan fingerprint density at radius 2 is 1.94 bits per heavy atom. The first-order valence-corrected chi connectivity index (χ1v) is 10.1. The summed E-state index contributed by atoms with van der Waals surface area (Å²) >= 11 is 0. The molecule has 1 aliphatic rings. The number of carboxylic acids is 1. The predicted octanol–water partition coefficient (Wildman–Crippen LogP) is 3.41. The molecule has 1 saturated heterocycles. The lowest BCUT2D eigenvalue weighted by Crippen LogP contribution is -2.24. The number of nitrogens with zero attached hydrogens (tertiary/aromatic N) is 1. The molecule has 0 aliphatic carbocycles. The van der Waals surface area contributed by atoms with Crippen molar-refractivity contribution in [1.29, 1.82) is 0 Å². The van der Waals surface area contributed by atoms with Crippen molar-refractivity contribution in [2.24, 2.45) is 0 Å². The molecule has 1 fully saturated rings. The third-order valence-electron chi connectivity index (χ3n) is 4.57. The van der Waals surface area contributed by atoms with Crippen molar-refractivity contribution in [2.45, 2.75) is 12.8 Å². The molecule has 0 atom stereocenters. The summed E-state index contributed by atoms with van der Waals surface area (Å²) in [4.78, 5) is 29.8. The molecule has 0 radical (unpaired) electrons. The fourth-order valence-corrected chi connectivity index (χ4v) is 3.06. The molecule has 0 unspecified atom stereocenters. The van der Waals surface area contributed by atoms with Gasteiger partial charge in [0.15, 0.2) is 11.5 Å². The van der Waals surface area contributed by atoms with Crippen molar-refractivity contribution in [1.82, 2.24) is 5.06 Å². The largest absolute Gasteiger partial charge is 0.478 e. The summed E-state index contributed by atoms with van der Waals surface area (Å²) in [7, 11) is 1.54. The van der Waals surface area contributed by atoms with Gasteiger partial charge in [0.1, 0.15) is 12.7 Å². The Kier molecular flexibility index (Phi) is 8.26. The molecule has 166 valence electrons. The molecule has 3 rings (SSSR count). The molecule has 0 aromatic heterocycles. The minimum Gasteiger partial charge on any atom is -0.478 e. The number of rotatable bonds is 8. The van der Waals surface area contributed by atoms with Gasteiger partial charge in [-0.2, -0.15) is 0 Å². The van der Waals surface area contributed by atoms with Gasteiger partial charge in [-0.15, -0.1) is 5.06 Å². The quantitative estimate of drug-likeness (QED) is 0.483. The number of hydroxylamine groups is 2. The maximum absolute atomic E-state index is 12.4. The smallest absolute Gasteiger partial charge is 0.337 e. The molecule has 8 heteroatoms. The molecule has 8 nitrogen and oxygen atoms in total. The lowest BCUT2D eigenvalue weighted by molar-refractivity contribution is -0.111. The van der Waals surface area contributed by atoms with Crippen molar-refractivity contribution in [3.05, 3.63) is 59.7 Å². The highest BCUT2D eigenvalue weighted by Gasteiger charge is 2.18. The van der Waals surface area contributed by atoms with Crippen LogP contribution in [-0.4, -0.2) is 48.9 Å². The normalized spacial score (nSPS) is 13.4. The van der Waals surface area contributed by atoms with E-state index in [9.17, 15) is 14.7 Å². The van der Waals surface area contributed by atoms with Crippen LogP contribution in [0.1, 0.15) is 28.8 Å². The van der Waals surface area contributed by atoms with E-state index in [4.69, 9.17) is 14.3 Å². The van der Waals surface area contributed by atoms with E-state index in [1.54, 1.807) is 43.5 Å². The van der Waals surface area contributed by atoms with Crippen LogP contribution in [-0.2, 0) is 9.53 Å². The molecular formula is C24H24N2O6. The first kappa shape index (κ1) is 22.9. The monoisotopic (exact) mass is 436 g/mol. The fraction of sp³-hybridized carbons (Fsp3) is 0.250. The van der Waals surface area contributed by atoms with Crippen LogP contribution in [0.25, 0.3) is 6.08 Å². The zero-order valence-electron chi connectivity index (χ0n) is 17.7. The summed E-state index contributed by atoms with van der Waals surface area (Å²) in [5.74, 6) is 1.98. The second-order valence-corrected chi connectivity index (χ2v) is 6.89. The Labute approximate surface area is 186 Å². The number of hydrogen-bond acceptors (Lipinski definition) is 6. The van der Waals surface area contributed by atoms with Gasteiger partial charge >= 0.3 is 5.97 Å². The van der Waals surface area contributed by atoms with Crippen LogP contribution in [0.2, 0.25) is 0 Å². The number of methoxy groups -OCH3 is 1. The number of para-hydroxylation sites is 2. The Balaban J connectivity index is 1.81. The summed E-state index contributed by atoms with van der Waals surface area (Å²) < 4.78 is 10.4. The number of benzene rings is 2. The van der Waals surface area contributed by atoms with E-state index in [1.807, 2.05) is 5.06 Å². The average Bonchev–Trinajstić information content (AvgIpc) is 3.30. The molecule has 1 amide bonds. The highest BCUT2D eigenvalue weighted by Crippen LogP contribution is 2.33. The number of amides is 1. The molecule has 0 bridgehead atoms. The predicted molar refractivity (Wildman–Crippen MR) is 119 cm³/mol. The maximum Gasteiger partial charge on any atom is 0.337 e. The Morgan fingerprint density at radius 3 is 2.69 bits per heavy atom. The molecule has 1 aliphatic heterocycles. The van der Waals surface area contributed by atoms with Gasteiger partial charge in [0.25, 0.3) is 0 Å². The van der Waals surface area contributed by atoms with E-state index in [2.05, 4.69) is 17.3 Å². The van der Waals surface area contributed by atoms with Crippen LogP contribution >= 0.6 is 0 Å². The van der Waals surface area contributed by atoms with Crippen LogP contribution in [0.4, 0.5) is 5.69 Å². The van der Waals surface area contributed by atoms with E-state index in [0.29, 0.717) is 17.1 Å². The number of carbonyl (C=O) groups excluding carboxylic acids is 1. The zero-order valence-corrected chi connectivity index (χ0v) is 17.7. The maximum atomic E-state index is 12.4. The first-order valence-electron chi connectivity index (χ1n) is 10.1. The van der Waals surface area contributed by atoms with Crippen LogP contribution in [0, 0.1) is 12.0 Å². The highest BCUT2D eigenvalue weighted by molar-refractivity contribution is 6.06. The third kappa shape index (κ3) is 6.35. The third-order valence-corrected chi connectivity index (χ3v) is 4.57. The van der Waals surface area contributed by atoms with Crippen molar-refractivity contribution >= 4 is 23.6 Å². The number of carboxylic acid groups (broad SMARTS) is 1. The van der Waals surface area contributed by atoms with Crippen molar-refractivity contribution in [3.8, 4) is 23.5 Å². The molecule has 32 heavy (non-hydrogen) atoms. The van der Waals surface area contributed by atoms with Crippen LogP contribution in [0.3, 0.4) is 0 Å². The van der Waals surface area contributed by atoms with E-state index < -0.39 is 11.9 Å². The molecule has 0 spiro atoms. The molecule has 2 aromatic carbocycles. The highest BCUT2D eigenvalue weighted by atomic mass is 16.7. The van der Waals surface area contributed by atoms with Gasteiger partial charge in [-0.05, 0) is 43.0 Å². The SMILES string of the molecule is COCC#COc1cccc(/C=C/C(=O)Nc2ccccc2C(=O)O)c1ON1CCCC1. The minimum absolute atomic E-state index is 0.0114. The Bertz CT molecular complexity index is 1050. The van der Waals surface area contributed by atoms with Crippen molar-refractivity contribution in [2.75, 3.05) is 32.1 Å². The van der Waals surface area contributed by atoms with Crippen molar-refractivity contribution < 1.29 is 29.0 Å². The number of aromatic carboxylic acids is 1. The number of hydrogen-bond donors (Lipinski definition) is 2. The molecule has 0 saturated carbocycles. The molecule has 2 aromatic rings. The van der Waals surface area contributed by atoms with Crippen LogP contribution < -0.4 is 14.9 Å². The van der Waals surface area contributed by atoms with E-state index in [1.165, 1.54) is 18.2 Å². The molecule has 2 N–H and O–H groups in total. The minimum atomic E-state index is -1.12. The van der Waals surface area contributed by atoms with Gasteiger partial charge in [0, 0.05) is 31.8 Å². The molecule has 1 heterocycles. The van der Waals surface area contributed by atoms with Crippen LogP contribution in [0.15, 0.2) is 48.5 Å². The second-order valence-electron chi connectivity index (χ2n) is 6.89. The Hall–Kier alpha value is -3.80. The summed E-state index contributed by atoms with van der Waals surface area (Å²) in [6.07, 6.45) is 7.54. The van der Waals surface area contributed by atoms with Gasteiger partial charge in [-0.25, -0.2) is 4.79 Å². The van der Waals surface area contributed by atoms with Crippen LogP contribution in [0.5, 0.6) is 11.5 Å². The molecular weight excluding hydrogens is 412 g/mol. The summed E-state index contributed by atoms with van der Waals surface area (Å²) in [5, 5.41) is 13.7. The fourth-order valence-electron chi connectivity index (χ4n) is 3.06.